The molecule has 1 amide bonds. The Hall–Kier alpha value is -3.65. The molecule has 1 N–H and O–H groups in total. The number of Topliss-reactive ketones (excluding diaryl/α,β-unsaturated/α-hetero) is 1. The fourth-order valence-corrected chi connectivity index (χ4v) is 4.20. The third-order valence-electron chi connectivity index (χ3n) is 5.39. The van der Waals surface area contributed by atoms with Crippen molar-refractivity contribution in [3.8, 4) is 11.5 Å². The number of aromatic nitrogens is 1. The number of rotatable bonds is 7. The summed E-state index contributed by atoms with van der Waals surface area (Å²) in [6.07, 6.45) is 3.17. The Morgan fingerprint density at radius 3 is 2.32 bits per heavy atom. The highest BCUT2D eigenvalue weighted by Gasteiger charge is 2.47. The van der Waals surface area contributed by atoms with Crippen LogP contribution in [-0.4, -0.2) is 35.0 Å². The van der Waals surface area contributed by atoms with Crippen molar-refractivity contribution in [2.75, 3.05) is 18.1 Å². The predicted molar refractivity (Wildman–Crippen MR) is 132 cm³/mol. The van der Waals surface area contributed by atoms with Gasteiger partial charge >= 0.3 is 0 Å². The van der Waals surface area contributed by atoms with Crippen molar-refractivity contribution in [2.24, 2.45) is 0 Å². The number of pyridine rings is 1. The summed E-state index contributed by atoms with van der Waals surface area (Å²) in [6, 6.07) is 14.6. The van der Waals surface area contributed by atoms with Crippen LogP contribution >= 0.6 is 15.9 Å². The lowest BCUT2D eigenvalue weighted by atomic mass is 9.95. The Morgan fingerprint density at radius 2 is 1.68 bits per heavy atom. The quantitative estimate of drug-likeness (QED) is 0.258. The largest absolute Gasteiger partial charge is 0.507 e. The van der Waals surface area contributed by atoms with Crippen LogP contribution in [-0.2, 0) is 9.59 Å². The van der Waals surface area contributed by atoms with Gasteiger partial charge in [-0.1, -0.05) is 15.9 Å². The van der Waals surface area contributed by atoms with Gasteiger partial charge < -0.3 is 14.6 Å². The highest BCUT2D eigenvalue weighted by atomic mass is 79.9. The van der Waals surface area contributed by atoms with Crippen LogP contribution in [0.4, 0.5) is 5.69 Å². The van der Waals surface area contributed by atoms with Gasteiger partial charge in [-0.05, 0) is 67.9 Å². The summed E-state index contributed by atoms with van der Waals surface area (Å²) in [6.45, 7) is 4.50. The highest BCUT2D eigenvalue weighted by Crippen LogP contribution is 2.43. The van der Waals surface area contributed by atoms with E-state index in [0.29, 0.717) is 41.5 Å². The summed E-state index contributed by atoms with van der Waals surface area (Å²) in [4.78, 5) is 32.0. The number of nitrogens with zero attached hydrogens (tertiary/aromatic N) is 2. The second-order valence-corrected chi connectivity index (χ2v) is 8.37. The average Bonchev–Trinajstić information content (AvgIpc) is 3.11. The normalized spacial score (nSPS) is 17.1. The first-order chi connectivity index (χ1) is 16.5. The van der Waals surface area contributed by atoms with Crippen LogP contribution in [0, 0.1) is 0 Å². The van der Waals surface area contributed by atoms with Gasteiger partial charge in [-0.25, -0.2) is 0 Å². The Labute approximate surface area is 205 Å². The number of amides is 1. The molecular formula is C26H23BrN2O5. The average molecular weight is 523 g/mol. The van der Waals surface area contributed by atoms with Crippen molar-refractivity contribution in [2.45, 2.75) is 19.9 Å². The van der Waals surface area contributed by atoms with E-state index in [2.05, 4.69) is 20.9 Å². The van der Waals surface area contributed by atoms with E-state index in [1.54, 1.807) is 67.0 Å². The van der Waals surface area contributed by atoms with Crippen LogP contribution in [0.3, 0.4) is 0 Å². The number of carbonyl (C=O) groups excluding carboxylic acids is 2. The number of anilines is 1. The van der Waals surface area contributed by atoms with E-state index in [9.17, 15) is 14.7 Å². The summed E-state index contributed by atoms with van der Waals surface area (Å²) in [5.41, 5.74) is 1.45. The van der Waals surface area contributed by atoms with Gasteiger partial charge in [0, 0.05) is 28.6 Å². The lowest BCUT2D eigenvalue weighted by Crippen LogP contribution is -2.29. The number of aliphatic hydroxyl groups excluding tert-OH is 1. The van der Waals surface area contributed by atoms with Crippen LogP contribution in [0.5, 0.6) is 11.5 Å². The molecule has 0 bridgehead atoms. The summed E-state index contributed by atoms with van der Waals surface area (Å²) in [7, 11) is 0. The topological polar surface area (TPSA) is 89.0 Å². The summed E-state index contributed by atoms with van der Waals surface area (Å²) < 4.78 is 12.1. The first kappa shape index (κ1) is 23.5. The monoisotopic (exact) mass is 522 g/mol. The summed E-state index contributed by atoms with van der Waals surface area (Å²) >= 11 is 3.39. The molecule has 1 aliphatic rings. The Bertz CT molecular complexity index is 1240. The van der Waals surface area contributed by atoms with E-state index in [4.69, 9.17) is 9.47 Å². The number of ether oxygens (including phenoxy) is 2. The smallest absolute Gasteiger partial charge is 0.300 e. The lowest BCUT2D eigenvalue weighted by molar-refractivity contribution is -0.132. The zero-order valence-corrected chi connectivity index (χ0v) is 20.3. The van der Waals surface area contributed by atoms with Crippen molar-refractivity contribution in [1.82, 2.24) is 4.98 Å². The minimum Gasteiger partial charge on any atom is -0.507 e. The molecule has 0 saturated carbocycles. The van der Waals surface area contributed by atoms with E-state index in [-0.39, 0.29) is 11.3 Å². The van der Waals surface area contributed by atoms with Crippen LogP contribution in [0.2, 0.25) is 0 Å². The Kier molecular flexibility index (Phi) is 6.98. The molecule has 4 rings (SSSR count). The second-order valence-electron chi connectivity index (χ2n) is 7.45. The second kappa shape index (κ2) is 10.1. The van der Waals surface area contributed by atoms with Crippen LogP contribution in [0.1, 0.15) is 31.0 Å². The molecule has 1 aliphatic heterocycles. The van der Waals surface area contributed by atoms with Crippen molar-refractivity contribution < 1.29 is 24.2 Å². The fraction of sp³-hybridized carbons (Fsp3) is 0.192. The van der Waals surface area contributed by atoms with Crippen molar-refractivity contribution >= 4 is 39.1 Å². The molecule has 34 heavy (non-hydrogen) atoms. The first-order valence-corrected chi connectivity index (χ1v) is 11.6. The maximum absolute atomic E-state index is 13.3. The molecule has 1 aromatic heterocycles. The summed E-state index contributed by atoms with van der Waals surface area (Å²) in [5.74, 6) is -0.891. The Morgan fingerprint density at radius 1 is 1.00 bits per heavy atom. The molecule has 0 spiro atoms. The van der Waals surface area contributed by atoms with Crippen LogP contribution in [0.15, 0.2) is 77.0 Å². The SMILES string of the molecule is CCOc1ccc(/C(O)=C2/C(=O)C(=O)N(c3ccc(Br)cc3)C2c2ccncc2)c(OCC)c1. The van der Waals surface area contributed by atoms with E-state index >= 15 is 0 Å². The maximum atomic E-state index is 13.3. The first-order valence-electron chi connectivity index (χ1n) is 10.8. The van der Waals surface area contributed by atoms with E-state index in [1.165, 1.54) is 4.90 Å². The highest BCUT2D eigenvalue weighted by molar-refractivity contribution is 9.10. The van der Waals surface area contributed by atoms with Crippen molar-refractivity contribution in [1.29, 1.82) is 0 Å². The minimum atomic E-state index is -0.842. The third-order valence-corrected chi connectivity index (χ3v) is 5.92. The van der Waals surface area contributed by atoms with Gasteiger partial charge in [-0.15, -0.1) is 0 Å². The number of hydrogen-bond donors (Lipinski definition) is 1. The van der Waals surface area contributed by atoms with Gasteiger partial charge in [0.15, 0.2) is 0 Å². The molecule has 1 fully saturated rings. The lowest BCUT2D eigenvalue weighted by Gasteiger charge is -2.25. The number of ketones is 1. The van der Waals surface area contributed by atoms with E-state index in [1.807, 2.05) is 13.8 Å². The van der Waals surface area contributed by atoms with Gasteiger partial charge in [0.05, 0.1) is 30.4 Å². The molecule has 1 atom stereocenters. The van der Waals surface area contributed by atoms with E-state index in [0.717, 1.165) is 4.47 Å². The number of benzene rings is 2. The molecule has 0 aliphatic carbocycles. The fourth-order valence-electron chi connectivity index (χ4n) is 3.94. The number of carbonyl (C=O) groups is 2. The predicted octanol–water partition coefficient (Wildman–Crippen LogP) is 5.27. The number of halogens is 1. The van der Waals surface area contributed by atoms with Crippen LogP contribution < -0.4 is 14.4 Å². The van der Waals surface area contributed by atoms with Crippen molar-refractivity contribution in [3.63, 3.8) is 0 Å². The summed E-state index contributed by atoms with van der Waals surface area (Å²) in [5, 5.41) is 11.4. The van der Waals surface area contributed by atoms with Gasteiger partial charge in [0.2, 0.25) is 0 Å². The van der Waals surface area contributed by atoms with Gasteiger partial charge in [-0.3, -0.25) is 19.5 Å². The molecule has 7 nitrogen and oxygen atoms in total. The van der Waals surface area contributed by atoms with Gasteiger partial charge in [0.1, 0.15) is 17.3 Å². The maximum Gasteiger partial charge on any atom is 0.300 e. The molecule has 2 heterocycles. The standard InChI is InChI=1S/C26H23BrN2O5/c1-3-33-19-9-10-20(21(15-19)34-4-2)24(30)22-23(16-11-13-28-14-12-16)29(26(32)25(22)31)18-7-5-17(27)6-8-18/h5-15,23,30H,3-4H2,1-2H3/b24-22-. The van der Waals surface area contributed by atoms with Crippen molar-refractivity contribution in [3.05, 3.63) is 88.2 Å². The molecule has 3 aromatic rings. The van der Waals surface area contributed by atoms with E-state index < -0.39 is 17.7 Å². The third kappa shape index (κ3) is 4.41. The molecular weight excluding hydrogens is 500 g/mol. The molecule has 0 radical (unpaired) electrons. The minimum absolute atomic E-state index is 0.0239. The molecule has 8 heteroatoms. The number of aliphatic hydroxyl groups is 1. The molecule has 1 unspecified atom stereocenters. The zero-order valence-electron chi connectivity index (χ0n) is 18.7. The zero-order chi connectivity index (χ0) is 24.2. The Balaban J connectivity index is 1.92. The van der Waals surface area contributed by atoms with Crippen LogP contribution in [0.25, 0.3) is 5.76 Å². The molecule has 1 saturated heterocycles. The number of hydrogen-bond acceptors (Lipinski definition) is 6. The molecule has 2 aromatic carbocycles. The van der Waals surface area contributed by atoms with Gasteiger partial charge in [0.25, 0.3) is 11.7 Å². The van der Waals surface area contributed by atoms with Gasteiger partial charge in [-0.2, -0.15) is 0 Å². The molecule has 174 valence electrons.